The van der Waals surface area contributed by atoms with Crippen LogP contribution in [-0.4, -0.2) is 23.7 Å². The molecule has 0 aliphatic heterocycles. The standard InChI is InChI=1S/C24H27NO4/c1-17(26)29-22(24(2,3)4)16-27-20-11-5-8-18(14-20)15-28-21-12-6-9-19-10-7-13-25-23(19)21/h5-14,22H,15-16H2,1-4H3. The topological polar surface area (TPSA) is 57.7 Å². The molecule has 0 saturated heterocycles. The number of hydrogen-bond donors (Lipinski definition) is 0. The number of aromatic nitrogens is 1. The summed E-state index contributed by atoms with van der Waals surface area (Å²) in [5, 5.41) is 1.04. The Morgan fingerprint density at radius 2 is 1.79 bits per heavy atom. The van der Waals surface area contributed by atoms with E-state index >= 15 is 0 Å². The molecule has 0 spiro atoms. The fourth-order valence-electron chi connectivity index (χ4n) is 2.91. The van der Waals surface area contributed by atoms with Crippen LogP contribution < -0.4 is 9.47 Å². The van der Waals surface area contributed by atoms with Crippen LogP contribution in [0, 0.1) is 5.41 Å². The summed E-state index contributed by atoms with van der Waals surface area (Å²) < 4.78 is 17.3. The van der Waals surface area contributed by atoms with Crippen molar-refractivity contribution >= 4 is 16.9 Å². The molecular weight excluding hydrogens is 366 g/mol. The van der Waals surface area contributed by atoms with E-state index in [9.17, 15) is 4.79 Å². The summed E-state index contributed by atoms with van der Waals surface area (Å²) in [6.07, 6.45) is 1.43. The molecule has 0 bridgehead atoms. The zero-order chi connectivity index (χ0) is 20.9. The second kappa shape index (κ2) is 8.95. The number of nitrogens with zero attached hydrogens (tertiary/aromatic N) is 1. The molecule has 0 aliphatic carbocycles. The third kappa shape index (κ3) is 5.70. The van der Waals surface area contributed by atoms with Gasteiger partial charge in [0.2, 0.25) is 0 Å². The van der Waals surface area contributed by atoms with Gasteiger partial charge in [-0.3, -0.25) is 9.78 Å². The minimum Gasteiger partial charge on any atom is -0.490 e. The van der Waals surface area contributed by atoms with Crippen molar-refractivity contribution in [2.24, 2.45) is 5.41 Å². The van der Waals surface area contributed by atoms with Gasteiger partial charge in [0.1, 0.15) is 36.3 Å². The number of rotatable bonds is 7. The number of carbonyl (C=O) groups is 1. The lowest BCUT2D eigenvalue weighted by molar-refractivity contribution is -0.154. The van der Waals surface area contributed by atoms with E-state index in [1.807, 2.05) is 75.4 Å². The van der Waals surface area contributed by atoms with Crippen molar-refractivity contribution in [2.45, 2.75) is 40.4 Å². The van der Waals surface area contributed by atoms with Gasteiger partial charge >= 0.3 is 5.97 Å². The predicted octanol–water partition coefficient (Wildman–Crippen LogP) is 5.17. The van der Waals surface area contributed by atoms with Gasteiger partial charge in [-0.1, -0.05) is 51.1 Å². The smallest absolute Gasteiger partial charge is 0.303 e. The van der Waals surface area contributed by atoms with Crippen molar-refractivity contribution in [3.63, 3.8) is 0 Å². The summed E-state index contributed by atoms with van der Waals surface area (Å²) in [6.45, 7) is 8.17. The zero-order valence-electron chi connectivity index (χ0n) is 17.3. The lowest BCUT2D eigenvalue weighted by atomic mass is 9.89. The van der Waals surface area contributed by atoms with Gasteiger partial charge in [0.05, 0.1) is 0 Å². The third-order valence-electron chi connectivity index (χ3n) is 4.56. The molecule has 1 atom stereocenters. The average Bonchev–Trinajstić information content (AvgIpc) is 2.69. The zero-order valence-corrected chi connectivity index (χ0v) is 17.3. The van der Waals surface area contributed by atoms with Gasteiger partial charge in [-0.2, -0.15) is 0 Å². The number of ether oxygens (including phenoxy) is 3. The largest absolute Gasteiger partial charge is 0.490 e. The molecule has 0 radical (unpaired) electrons. The number of fused-ring (bicyclic) bond motifs is 1. The number of esters is 1. The van der Waals surface area contributed by atoms with E-state index in [0.29, 0.717) is 19.0 Å². The molecular formula is C24H27NO4. The fraction of sp³-hybridized carbons (Fsp3) is 0.333. The van der Waals surface area contributed by atoms with Crippen LogP contribution in [0.3, 0.4) is 0 Å². The molecule has 5 heteroatoms. The van der Waals surface area contributed by atoms with Crippen molar-refractivity contribution in [3.05, 3.63) is 66.4 Å². The van der Waals surface area contributed by atoms with E-state index < -0.39 is 0 Å². The molecule has 0 saturated carbocycles. The van der Waals surface area contributed by atoms with Crippen LogP contribution in [0.2, 0.25) is 0 Å². The van der Waals surface area contributed by atoms with Gasteiger partial charge in [-0.05, 0) is 29.8 Å². The van der Waals surface area contributed by atoms with E-state index in [0.717, 1.165) is 22.2 Å². The molecule has 0 amide bonds. The first-order valence-corrected chi connectivity index (χ1v) is 9.68. The summed E-state index contributed by atoms with van der Waals surface area (Å²) in [6, 6.07) is 17.5. The number of hydrogen-bond acceptors (Lipinski definition) is 5. The number of carbonyl (C=O) groups excluding carboxylic acids is 1. The summed E-state index contributed by atoms with van der Waals surface area (Å²) in [7, 11) is 0. The van der Waals surface area contributed by atoms with E-state index in [1.165, 1.54) is 6.92 Å². The van der Waals surface area contributed by atoms with Crippen molar-refractivity contribution in [3.8, 4) is 11.5 Å². The van der Waals surface area contributed by atoms with Gasteiger partial charge in [0, 0.05) is 23.9 Å². The molecule has 1 heterocycles. The Hall–Kier alpha value is -3.08. The second-order valence-electron chi connectivity index (χ2n) is 8.04. The highest BCUT2D eigenvalue weighted by atomic mass is 16.6. The van der Waals surface area contributed by atoms with E-state index in [-0.39, 0.29) is 17.5 Å². The first-order valence-electron chi connectivity index (χ1n) is 9.68. The van der Waals surface area contributed by atoms with Gasteiger partial charge < -0.3 is 14.2 Å². The molecule has 0 fully saturated rings. The molecule has 3 aromatic rings. The van der Waals surface area contributed by atoms with Crippen LogP contribution in [0.15, 0.2) is 60.8 Å². The Morgan fingerprint density at radius 3 is 2.55 bits per heavy atom. The van der Waals surface area contributed by atoms with Crippen molar-refractivity contribution in [1.29, 1.82) is 0 Å². The Kier molecular flexibility index (Phi) is 6.37. The van der Waals surface area contributed by atoms with Crippen LogP contribution in [0.1, 0.15) is 33.3 Å². The van der Waals surface area contributed by atoms with Crippen LogP contribution >= 0.6 is 0 Å². The Bertz CT molecular complexity index is 973. The van der Waals surface area contributed by atoms with Gasteiger partial charge in [0.15, 0.2) is 0 Å². The van der Waals surface area contributed by atoms with Crippen molar-refractivity contribution < 1.29 is 19.0 Å². The lowest BCUT2D eigenvalue weighted by Crippen LogP contribution is -2.36. The summed E-state index contributed by atoms with van der Waals surface area (Å²) in [5.41, 5.74) is 1.61. The highest BCUT2D eigenvalue weighted by Gasteiger charge is 2.28. The second-order valence-corrected chi connectivity index (χ2v) is 8.04. The Morgan fingerprint density at radius 1 is 1.03 bits per heavy atom. The Balaban J connectivity index is 1.65. The highest BCUT2D eigenvalue weighted by Crippen LogP contribution is 2.26. The normalized spacial score (nSPS) is 12.4. The molecule has 152 valence electrons. The molecule has 3 rings (SSSR count). The summed E-state index contributed by atoms with van der Waals surface area (Å²) in [4.78, 5) is 15.8. The predicted molar refractivity (Wildman–Crippen MR) is 113 cm³/mol. The Labute approximate surface area is 171 Å². The monoisotopic (exact) mass is 393 g/mol. The minimum absolute atomic E-state index is 0.215. The lowest BCUT2D eigenvalue weighted by Gasteiger charge is -2.29. The van der Waals surface area contributed by atoms with Crippen LogP contribution in [0.4, 0.5) is 0 Å². The van der Waals surface area contributed by atoms with E-state index in [4.69, 9.17) is 14.2 Å². The first kappa shape index (κ1) is 20.6. The van der Waals surface area contributed by atoms with Crippen LogP contribution in [0.25, 0.3) is 10.9 Å². The molecule has 29 heavy (non-hydrogen) atoms. The van der Waals surface area contributed by atoms with Gasteiger partial charge in [-0.15, -0.1) is 0 Å². The van der Waals surface area contributed by atoms with Gasteiger partial charge in [-0.25, -0.2) is 0 Å². The van der Waals surface area contributed by atoms with E-state index in [2.05, 4.69) is 4.98 Å². The molecule has 1 unspecified atom stereocenters. The molecule has 0 aliphatic rings. The average molecular weight is 393 g/mol. The van der Waals surface area contributed by atoms with Crippen LogP contribution in [-0.2, 0) is 16.1 Å². The molecule has 0 N–H and O–H groups in total. The fourth-order valence-corrected chi connectivity index (χ4v) is 2.91. The highest BCUT2D eigenvalue weighted by molar-refractivity contribution is 5.84. The third-order valence-corrected chi connectivity index (χ3v) is 4.56. The summed E-state index contributed by atoms with van der Waals surface area (Å²) in [5.74, 6) is 1.15. The van der Waals surface area contributed by atoms with Gasteiger partial charge in [0.25, 0.3) is 0 Å². The summed E-state index contributed by atoms with van der Waals surface area (Å²) >= 11 is 0. The van der Waals surface area contributed by atoms with Crippen LogP contribution in [0.5, 0.6) is 11.5 Å². The SMILES string of the molecule is CC(=O)OC(COc1cccc(COc2cccc3cccnc23)c1)C(C)(C)C. The van der Waals surface area contributed by atoms with Crippen molar-refractivity contribution in [2.75, 3.05) is 6.61 Å². The van der Waals surface area contributed by atoms with Crippen molar-refractivity contribution in [1.82, 2.24) is 4.98 Å². The number of pyridine rings is 1. The minimum atomic E-state index is -0.332. The van der Waals surface area contributed by atoms with E-state index in [1.54, 1.807) is 6.20 Å². The maximum Gasteiger partial charge on any atom is 0.303 e. The number of benzene rings is 2. The number of para-hydroxylation sites is 1. The maximum absolute atomic E-state index is 11.4. The molecule has 1 aromatic heterocycles. The maximum atomic E-state index is 11.4. The first-order chi connectivity index (χ1) is 13.8. The quantitative estimate of drug-likeness (QED) is 0.518. The molecule has 2 aromatic carbocycles. The molecule has 5 nitrogen and oxygen atoms in total.